The summed E-state index contributed by atoms with van der Waals surface area (Å²) < 4.78 is 6.79. The van der Waals surface area contributed by atoms with Crippen LogP contribution in [0.5, 0.6) is 0 Å². The van der Waals surface area contributed by atoms with Gasteiger partial charge < -0.3 is 4.42 Å². The Kier molecular flexibility index (Phi) is 9.65. The lowest BCUT2D eigenvalue weighted by molar-refractivity contribution is 0.670. The predicted octanol–water partition coefficient (Wildman–Crippen LogP) is 18.6. The summed E-state index contributed by atoms with van der Waals surface area (Å²) in [5, 5.41) is 9.90. The van der Waals surface area contributed by atoms with Crippen molar-refractivity contribution >= 4 is 54.3 Å². The number of para-hydroxylation sites is 2. The van der Waals surface area contributed by atoms with E-state index in [4.69, 9.17) is 4.42 Å². The lowest BCUT2D eigenvalue weighted by Crippen LogP contribution is -2.07. The van der Waals surface area contributed by atoms with Crippen LogP contribution < -0.4 is 0 Å². The van der Waals surface area contributed by atoms with Gasteiger partial charge in [0.25, 0.3) is 0 Å². The maximum absolute atomic E-state index is 6.79. The standard InChI is InChI=1S/C67H44O/c1-3-17-44(18-4-1)46-35-37-47(38-36-46)65(51-23-14-22-49(42-51)50-39-40-57-55-27-8-7-25-53(55)54-26-9-10-28-56(54)63(57)43-50)62-33-15-30-59(61-32-16-31-60-58-29-11-12-34-64(58)68-67(60)61)66(62)52-24-13-21-48(41-52)45-19-5-2-6-20-45/h1-43,65H. The Bertz CT molecular complexity index is 3970. The Hall–Kier alpha value is -8.78. The molecule has 0 fully saturated rings. The van der Waals surface area contributed by atoms with E-state index < -0.39 is 0 Å². The molecule has 0 bridgehead atoms. The molecule has 0 saturated heterocycles. The second kappa shape index (κ2) is 16.6. The molecular formula is C67H44O. The van der Waals surface area contributed by atoms with E-state index in [1.165, 1.54) is 88.0 Å². The number of benzene rings is 12. The summed E-state index contributed by atoms with van der Waals surface area (Å²) in [6, 6.07) is 95.5. The summed E-state index contributed by atoms with van der Waals surface area (Å²) in [5.41, 5.74) is 17.1. The SMILES string of the molecule is c1ccc(-c2ccc(C(c3cccc(-c4ccc5c6ccccc6c6ccccc6c5c4)c3)c3cccc(-c4cccc5c4oc4ccccc45)c3-c3cccc(-c4ccccc4)c3)cc2)cc1. The first-order valence-electron chi connectivity index (χ1n) is 23.5. The molecule has 12 aromatic carbocycles. The first kappa shape index (κ1) is 39.6. The van der Waals surface area contributed by atoms with Gasteiger partial charge in [0.1, 0.15) is 11.2 Å². The fourth-order valence-corrected chi connectivity index (χ4v) is 10.8. The van der Waals surface area contributed by atoms with Crippen molar-refractivity contribution in [1.29, 1.82) is 0 Å². The van der Waals surface area contributed by atoms with E-state index in [0.29, 0.717) is 0 Å². The highest BCUT2D eigenvalue weighted by Crippen LogP contribution is 2.47. The van der Waals surface area contributed by atoms with Crippen LogP contribution in [0.1, 0.15) is 22.6 Å². The van der Waals surface area contributed by atoms with Gasteiger partial charge in [0.05, 0.1) is 0 Å². The molecule has 1 atom stereocenters. The van der Waals surface area contributed by atoms with Gasteiger partial charge in [-0.15, -0.1) is 0 Å². The van der Waals surface area contributed by atoms with Crippen molar-refractivity contribution in [2.75, 3.05) is 0 Å². The van der Waals surface area contributed by atoms with Crippen LogP contribution in [0.3, 0.4) is 0 Å². The third-order valence-corrected chi connectivity index (χ3v) is 14.0. The molecule has 0 radical (unpaired) electrons. The molecule has 1 aromatic heterocycles. The number of fused-ring (bicyclic) bond motifs is 9. The molecule has 1 unspecified atom stereocenters. The number of rotatable bonds is 8. The highest BCUT2D eigenvalue weighted by Gasteiger charge is 2.26. The molecule has 13 aromatic rings. The Morgan fingerprint density at radius 1 is 0.250 bits per heavy atom. The Labute approximate surface area is 395 Å². The maximum atomic E-state index is 6.79. The summed E-state index contributed by atoms with van der Waals surface area (Å²) >= 11 is 0. The molecule has 1 nitrogen and oxygen atoms in total. The van der Waals surface area contributed by atoms with Gasteiger partial charge in [0.2, 0.25) is 0 Å². The molecule has 1 heteroatoms. The Morgan fingerprint density at radius 3 is 1.44 bits per heavy atom. The summed E-state index contributed by atoms with van der Waals surface area (Å²) in [5.74, 6) is -0.129. The topological polar surface area (TPSA) is 13.1 Å². The average molecular weight is 865 g/mol. The maximum Gasteiger partial charge on any atom is 0.143 e. The molecule has 0 amide bonds. The second-order valence-electron chi connectivity index (χ2n) is 17.9. The van der Waals surface area contributed by atoms with Crippen LogP contribution in [0.25, 0.3) is 110 Å². The van der Waals surface area contributed by atoms with Crippen molar-refractivity contribution in [3.8, 4) is 55.6 Å². The highest BCUT2D eigenvalue weighted by molar-refractivity contribution is 6.25. The first-order valence-corrected chi connectivity index (χ1v) is 23.5. The zero-order valence-corrected chi connectivity index (χ0v) is 37.3. The van der Waals surface area contributed by atoms with Gasteiger partial charge in [-0.1, -0.05) is 243 Å². The summed E-state index contributed by atoms with van der Waals surface area (Å²) in [6.45, 7) is 0. The Morgan fingerprint density at radius 2 is 0.721 bits per heavy atom. The minimum Gasteiger partial charge on any atom is -0.455 e. The predicted molar refractivity (Wildman–Crippen MR) is 287 cm³/mol. The monoisotopic (exact) mass is 864 g/mol. The van der Waals surface area contributed by atoms with Crippen LogP contribution in [0.15, 0.2) is 265 Å². The van der Waals surface area contributed by atoms with Crippen molar-refractivity contribution in [3.05, 3.63) is 278 Å². The van der Waals surface area contributed by atoms with Gasteiger partial charge in [-0.25, -0.2) is 0 Å². The van der Waals surface area contributed by atoms with Gasteiger partial charge in [-0.05, 0) is 117 Å². The normalized spacial score (nSPS) is 12.1. The van der Waals surface area contributed by atoms with E-state index >= 15 is 0 Å². The van der Waals surface area contributed by atoms with Gasteiger partial charge >= 0.3 is 0 Å². The number of furan rings is 1. The van der Waals surface area contributed by atoms with Gasteiger partial charge in [-0.2, -0.15) is 0 Å². The fraction of sp³-hybridized carbons (Fsp3) is 0.0149. The molecule has 0 N–H and O–H groups in total. The van der Waals surface area contributed by atoms with E-state index in [0.717, 1.165) is 38.6 Å². The molecule has 0 saturated carbocycles. The summed E-state index contributed by atoms with van der Waals surface area (Å²) in [4.78, 5) is 0. The van der Waals surface area contributed by atoms with Crippen LogP contribution in [0.4, 0.5) is 0 Å². The largest absolute Gasteiger partial charge is 0.455 e. The van der Waals surface area contributed by atoms with Crippen LogP contribution >= 0.6 is 0 Å². The minimum absolute atomic E-state index is 0.129. The van der Waals surface area contributed by atoms with Crippen molar-refractivity contribution in [1.82, 2.24) is 0 Å². The van der Waals surface area contributed by atoms with Gasteiger partial charge in [0.15, 0.2) is 0 Å². The van der Waals surface area contributed by atoms with Crippen LogP contribution in [-0.2, 0) is 0 Å². The minimum atomic E-state index is -0.129. The molecule has 68 heavy (non-hydrogen) atoms. The molecule has 13 rings (SSSR count). The number of hydrogen-bond acceptors (Lipinski definition) is 1. The molecule has 318 valence electrons. The van der Waals surface area contributed by atoms with Crippen molar-refractivity contribution in [2.45, 2.75) is 5.92 Å². The third kappa shape index (κ3) is 6.79. The molecular weight excluding hydrogens is 821 g/mol. The van der Waals surface area contributed by atoms with E-state index in [9.17, 15) is 0 Å². The van der Waals surface area contributed by atoms with Crippen molar-refractivity contribution < 1.29 is 4.42 Å². The lowest BCUT2D eigenvalue weighted by Gasteiger charge is -2.25. The molecule has 0 spiro atoms. The first-order chi connectivity index (χ1) is 33.7. The zero-order valence-electron chi connectivity index (χ0n) is 37.3. The fourth-order valence-electron chi connectivity index (χ4n) is 10.8. The quantitative estimate of drug-likeness (QED) is 0.110. The average Bonchev–Trinajstić information content (AvgIpc) is 3.81. The van der Waals surface area contributed by atoms with E-state index in [-0.39, 0.29) is 5.92 Å². The van der Waals surface area contributed by atoms with E-state index in [1.807, 2.05) is 0 Å². The Balaban J connectivity index is 1.05. The van der Waals surface area contributed by atoms with E-state index in [2.05, 4.69) is 261 Å². The van der Waals surface area contributed by atoms with Crippen LogP contribution in [0, 0.1) is 0 Å². The van der Waals surface area contributed by atoms with Crippen LogP contribution in [0.2, 0.25) is 0 Å². The summed E-state index contributed by atoms with van der Waals surface area (Å²) in [6.07, 6.45) is 0. The highest BCUT2D eigenvalue weighted by atomic mass is 16.3. The second-order valence-corrected chi connectivity index (χ2v) is 17.9. The number of hydrogen-bond donors (Lipinski definition) is 0. The smallest absolute Gasteiger partial charge is 0.143 e. The zero-order chi connectivity index (χ0) is 45.0. The van der Waals surface area contributed by atoms with Crippen LogP contribution in [-0.4, -0.2) is 0 Å². The lowest BCUT2D eigenvalue weighted by atomic mass is 9.78. The third-order valence-electron chi connectivity index (χ3n) is 14.0. The summed E-state index contributed by atoms with van der Waals surface area (Å²) in [7, 11) is 0. The molecule has 0 aliphatic heterocycles. The van der Waals surface area contributed by atoms with E-state index in [1.54, 1.807) is 0 Å². The van der Waals surface area contributed by atoms with Crippen molar-refractivity contribution in [2.24, 2.45) is 0 Å². The van der Waals surface area contributed by atoms with Gasteiger partial charge in [-0.3, -0.25) is 0 Å². The molecule has 0 aliphatic rings. The van der Waals surface area contributed by atoms with Crippen molar-refractivity contribution in [3.63, 3.8) is 0 Å². The molecule has 0 aliphatic carbocycles. The van der Waals surface area contributed by atoms with Gasteiger partial charge in [0, 0.05) is 22.3 Å². The molecule has 1 heterocycles.